The predicted octanol–water partition coefficient (Wildman–Crippen LogP) is 5.52. The van der Waals surface area contributed by atoms with Gasteiger partial charge in [-0.15, -0.1) is 0 Å². The van der Waals surface area contributed by atoms with Crippen molar-refractivity contribution in [2.24, 2.45) is 0 Å². The molecule has 0 spiro atoms. The minimum absolute atomic E-state index is 1.07. The Balaban J connectivity index is 1.87. The highest BCUT2D eigenvalue weighted by Crippen LogP contribution is 2.19. The topological polar surface area (TPSA) is 0 Å². The van der Waals surface area contributed by atoms with Crippen LogP contribution in [0.2, 0.25) is 0 Å². The molecule has 0 aliphatic rings. The van der Waals surface area contributed by atoms with Gasteiger partial charge in [-0.2, -0.15) is 0 Å². The lowest BCUT2D eigenvalue weighted by Crippen LogP contribution is -1.80. The van der Waals surface area contributed by atoms with E-state index in [2.05, 4.69) is 92.4 Å². The first-order valence-electron chi connectivity index (χ1n) is 7.46. The molecule has 0 amide bonds. The number of hydrogen-bond acceptors (Lipinski definition) is 0. The van der Waals surface area contributed by atoms with Crippen LogP contribution >= 0.6 is 0 Å². The minimum atomic E-state index is 1.07. The van der Waals surface area contributed by atoms with E-state index in [1.807, 2.05) is 6.08 Å². The third kappa shape index (κ3) is 3.27. The maximum Gasteiger partial charge on any atom is 0.0254 e. The minimum Gasteiger partial charge on any atom is -0.0696 e. The van der Waals surface area contributed by atoms with Gasteiger partial charge in [0.05, 0.1) is 0 Å². The van der Waals surface area contributed by atoms with E-state index in [4.69, 9.17) is 0 Å². The molecule has 3 rings (SSSR count). The van der Waals surface area contributed by atoms with Crippen LogP contribution in [0.3, 0.4) is 0 Å². The van der Waals surface area contributed by atoms with Gasteiger partial charge in [-0.1, -0.05) is 60.4 Å². The predicted molar refractivity (Wildman–Crippen MR) is 95.8 cm³/mol. The smallest absolute Gasteiger partial charge is 0.0254 e. The molecule has 22 heavy (non-hydrogen) atoms. The SMILES string of the molecule is Cc1cc(C)cc(C#C/C=C/c2cccc3ccccc23)c1. The summed E-state index contributed by atoms with van der Waals surface area (Å²) >= 11 is 0. The first-order chi connectivity index (χ1) is 10.7. The lowest BCUT2D eigenvalue weighted by Gasteiger charge is -2.00. The van der Waals surface area contributed by atoms with Gasteiger partial charge in [-0.05, 0) is 65.6 Å². The molecular formula is C22H18. The molecule has 0 heterocycles. The summed E-state index contributed by atoms with van der Waals surface area (Å²) in [4.78, 5) is 0. The summed E-state index contributed by atoms with van der Waals surface area (Å²) in [6.07, 6.45) is 4.01. The van der Waals surface area contributed by atoms with Crippen molar-refractivity contribution < 1.29 is 0 Å². The zero-order valence-electron chi connectivity index (χ0n) is 12.9. The van der Waals surface area contributed by atoms with Crippen LogP contribution in [-0.2, 0) is 0 Å². The van der Waals surface area contributed by atoms with Gasteiger partial charge >= 0.3 is 0 Å². The first kappa shape index (κ1) is 14.2. The van der Waals surface area contributed by atoms with Gasteiger partial charge in [-0.25, -0.2) is 0 Å². The summed E-state index contributed by atoms with van der Waals surface area (Å²) in [6, 6.07) is 21.1. The molecule has 0 atom stereocenters. The molecule has 0 N–H and O–H groups in total. The van der Waals surface area contributed by atoms with Gasteiger partial charge in [-0.3, -0.25) is 0 Å². The average molecular weight is 282 g/mol. The molecule has 0 nitrogen and oxygen atoms in total. The van der Waals surface area contributed by atoms with E-state index in [-0.39, 0.29) is 0 Å². The van der Waals surface area contributed by atoms with Crippen LogP contribution in [0.15, 0.2) is 66.7 Å². The van der Waals surface area contributed by atoms with Crippen LogP contribution in [-0.4, -0.2) is 0 Å². The Hall–Kier alpha value is -2.78. The van der Waals surface area contributed by atoms with Gasteiger partial charge in [0.1, 0.15) is 0 Å². The van der Waals surface area contributed by atoms with Crippen LogP contribution in [0, 0.1) is 25.7 Å². The maximum atomic E-state index is 3.21. The molecule has 0 radical (unpaired) electrons. The average Bonchev–Trinajstić information content (AvgIpc) is 2.51. The van der Waals surface area contributed by atoms with E-state index in [0.29, 0.717) is 0 Å². The summed E-state index contributed by atoms with van der Waals surface area (Å²) in [5, 5.41) is 2.52. The zero-order valence-corrected chi connectivity index (χ0v) is 12.9. The van der Waals surface area contributed by atoms with Crippen molar-refractivity contribution in [1.29, 1.82) is 0 Å². The molecule has 106 valence electrons. The van der Waals surface area contributed by atoms with E-state index >= 15 is 0 Å². The number of allylic oxidation sites excluding steroid dienone is 1. The van der Waals surface area contributed by atoms with Crippen LogP contribution in [0.5, 0.6) is 0 Å². The first-order valence-corrected chi connectivity index (χ1v) is 7.46. The molecule has 0 aromatic heterocycles. The standard InChI is InChI=1S/C22H18/c1-17-14-18(2)16-19(15-17)8-3-4-9-20-11-7-12-21-10-5-6-13-22(20)21/h4-7,9-16H,1-2H3/b9-4+. The maximum absolute atomic E-state index is 3.21. The van der Waals surface area contributed by atoms with Gasteiger partial charge in [0.15, 0.2) is 0 Å². The molecule has 0 unspecified atom stereocenters. The summed E-state index contributed by atoms with van der Waals surface area (Å²) < 4.78 is 0. The Morgan fingerprint density at radius 3 is 2.36 bits per heavy atom. The molecule has 0 aliphatic carbocycles. The number of benzene rings is 3. The molecule has 0 aliphatic heterocycles. The van der Waals surface area contributed by atoms with Crippen molar-refractivity contribution in [2.75, 3.05) is 0 Å². The van der Waals surface area contributed by atoms with Crippen molar-refractivity contribution in [3.8, 4) is 11.8 Å². The summed E-state index contributed by atoms with van der Waals surface area (Å²) in [6.45, 7) is 4.20. The fraction of sp³-hybridized carbons (Fsp3) is 0.0909. The molecule has 0 saturated carbocycles. The summed E-state index contributed by atoms with van der Waals surface area (Å²) in [5.74, 6) is 6.35. The molecular weight excluding hydrogens is 264 g/mol. The highest BCUT2D eigenvalue weighted by molar-refractivity contribution is 5.90. The Bertz CT molecular complexity index is 876. The molecule has 3 aromatic rings. The highest BCUT2D eigenvalue weighted by Gasteiger charge is 1.95. The van der Waals surface area contributed by atoms with Crippen LogP contribution < -0.4 is 0 Å². The Morgan fingerprint density at radius 2 is 1.55 bits per heavy atom. The molecule has 3 aromatic carbocycles. The van der Waals surface area contributed by atoms with Crippen LogP contribution in [0.4, 0.5) is 0 Å². The second kappa shape index (κ2) is 6.33. The van der Waals surface area contributed by atoms with E-state index in [0.717, 1.165) is 5.56 Å². The number of hydrogen-bond donors (Lipinski definition) is 0. The van der Waals surface area contributed by atoms with E-state index in [1.54, 1.807) is 0 Å². The van der Waals surface area contributed by atoms with Crippen molar-refractivity contribution in [1.82, 2.24) is 0 Å². The quantitative estimate of drug-likeness (QED) is 0.515. The van der Waals surface area contributed by atoms with Gasteiger partial charge in [0, 0.05) is 5.56 Å². The summed E-state index contributed by atoms with van der Waals surface area (Å²) in [7, 11) is 0. The number of fused-ring (bicyclic) bond motifs is 1. The fourth-order valence-corrected chi connectivity index (χ4v) is 2.70. The normalized spacial score (nSPS) is 10.6. The highest BCUT2D eigenvalue weighted by atomic mass is 14.0. The zero-order chi connectivity index (χ0) is 15.4. The van der Waals surface area contributed by atoms with Crippen molar-refractivity contribution in [3.63, 3.8) is 0 Å². The van der Waals surface area contributed by atoms with Crippen molar-refractivity contribution >= 4 is 16.8 Å². The second-order valence-electron chi connectivity index (χ2n) is 5.55. The van der Waals surface area contributed by atoms with Crippen molar-refractivity contribution in [3.05, 3.63) is 89.0 Å². The van der Waals surface area contributed by atoms with Gasteiger partial charge in [0.25, 0.3) is 0 Å². The van der Waals surface area contributed by atoms with Crippen molar-refractivity contribution in [2.45, 2.75) is 13.8 Å². The van der Waals surface area contributed by atoms with E-state index in [1.165, 1.54) is 27.5 Å². The van der Waals surface area contributed by atoms with Crippen LogP contribution in [0.25, 0.3) is 16.8 Å². The Kier molecular flexibility index (Phi) is 4.08. The largest absolute Gasteiger partial charge is 0.0696 e. The Labute approximate surface area is 132 Å². The lowest BCUT2D eigenvalue weighted by molar-refractivity contribution is 1.37. The third-order valence-corrected chi connectivity index (χ3v) is 3.61. The van der Waals surface area contributed by atoms with E-state index < -0.39 is 0 Å². The van der Waals surface area contributed by atoms with Gasteiger partial charge in [0.2, 0.25) is 0 Å². The number of rotatable bonds is 1. The molecule has 0 saturated heterocycles. The fourth-order valence-electron chi connectivity index (χ4n) is 2.70. The second-order valence-corrected chi connectivity index (χ2v) is 5.55. The molecule has 0 heteroatoms. The molecule has 0 bridgehead atoms. The summed E-state index contributed by atoms with van der Waals surface area (Å²) in [5.41, 5.74) is 4.78. The lowest BCUT2D eigenvalue weighted by atomic mass is 10.0. The monoisotopic (exact) mass is 282 g/mol. The van der Waals surface area contributed by atoms with E-state index in [9.17, 15) is 0 Å². The third-order valence-electron chi connectivity index (χ3n) is 3.61. The molecule has 0 fully saturated rings. The van der Waals surface area contributed by atoms with Crippen LogP contribution in [0.1, 0.15) is 22.3 Å². The van der Waals surface area contributed by atoms with Gasteiger partial charge < -0.3 is 0 Å². The number of aryl methyl sites for hydroxylation is 2. The Morgan fingerprint density at radius 1 is 0.818 bits per heavy atom.